The van der Waals surface area contributed by atoms with Gasteiger partial charge in [0, 0.05) is 10.0 Å². The minimum atomic E-state index is -1.27. The molecule has 0 aromatic heterocycles. The Bertz CT molecular complexity index is 401. The van der Waals surface area contributed by atoms with Gasteiger partial charge < -0.3 is 10.2 Å². The van der Waals surface area contributed by atoms with Crippen molar-refractivity contribution in [3.8, 4) is 0 Å². The van der Waals surface area contributed by atoms with E-state index in [9.17, 15) is 9.90 Å². The summed E-state index contributed by atoms with van der Waals surface area (Å²) >= 11 is 3.28. The highest BCUT2D eigenvalue weighted by Crippen LogP contribution is 2.12. The Morgan fingerprint density at radius 3 is 2.44 bits per heavy atom. The van der Waals surface area contributed by atoms with Gasteiger partial charge in [0.05, 0.1) is 11.8 Å². The monoisotopic (exact) mass is 286 g/mol. The van der Waals surface area contributed by atoms with E-state index in [2.05, 4.69) is 21.0 Å². The van der Waals surface area contributed by atoms with Crippen LogP contribution in [0.1, 0.15) is 12.5 Å². The van der Waals surface area contributed by atoms with Crippen molar-refractivity contribution in [2.45, 2.75) is 13.0 Å². The number of hydrogen-bond acceptors (Lipinski definition) is 3. The van der Waals surface area contributed by atoms with E-state index in [0.717, 1.165) is 4.47 Å². The highest BCUT2D eigenvalue weighted by atomic mass is 79.9. The third-order valence-electron chi connectivity index (χ3n) is 1.81. The summed E-state index contributed by atoms with van der Waals surface area (Å²) in [7, 11) is 0. The molecular weight excluding hydrogens is 276 g/mol. The molecule has 0 aliphatic rings. The van der Waals surface area contributed by atoms with Crippen molar-refractivity contribution in [2.24, 2.45) is 5.10 Å². The van der Waals surface area contributed by atoms with Gasteiger partial charge in [0.25, 0.3) is 0 Å². The van der Waals surface area contributed by atoms with Crippen LogP contribution in [0.25, 0.3) is 0 Å². The van der Waals surface area contributed by atoms with Crippen molar-refractivity contribution in [3.05, 3.63) is 34.3 Å². The van der Waals surface area contributed by atoms with Crippen molar-refractivity contribution < 1.29 is 15.0 Å². The summed E-state index contributed by atoms with van der Waals surface area (Å²) in [6, 6.07) is 7.04. The Hall–Kier alpha value is -1.40. The largest absolute Gasteiger partial charge is 0.464 e. The average Bonchev–Trinajstić information content (AvgIpc) is 2.20. The van der Waals surface area contributed by atoms with E-state index in [1.165, 1.54) is 6.92 Å². The SMILES string of the molecule is CC(O)C(=NNC(=O)O)c1ccc(Br)cc1. The van der Waals surface area contributed by atoms with Crippen LogP contribution in [-0.4, -0.2) is 28.1 Å². The summed E-state index contributed by atoms with van der Waals surface area (Å²) in [6.07, 6.45) is -2.12. The van der Waals surface area contributed by atoms with Gasteiger partial charge in [0.2, 0.25) is 0 Å². The molecule has 1 aromatic carbocycles. The first-order chi connectivity index (χ1) is 7.50. The molecule has 0 fully saturated rings. The molecule has 0 spiro atoms. The maximum Gasteiger partial charge on any atom is 0.425 e. The fourth-order valence-corrected chi connectivity index (χ4v) is 1.39. The van der Waals surface area contributed by atoms with Crippen LogP contribution >= 0.6 is 15.9 Å². The number of hydrazone groups is 1. The molecule has 0 heterocycles. The first kappa shape index (κ1) is 12.7. The third-order valence-corrected chi connectivity index (χ3v) is 2.34. The Morgan fingerprint density at radius 1 is 1.44 bits per heavy atom. The van der Waals surface area contributed by atoms with Crippen molar-refractivity contribution in [3.63, 3.8) is 0 Å². The maximum absolute atomic E-state index is 10.3. The molecule has 16 heavy (non-hydrogen) atoms. The molecular formula is C10H11BrN2O3. The number of amides is 1. The van der Waals surface area contributed by atoms with Crippen molar-refractivity contribution in [1.82, 2.24) is 5.43 Å². The molecule has 5 nitrogen and oxygen atoms in total. The Kier molecular flexibility index (Phi) is 4.45. The van der Waals surface area contributed by atoms with E-state index >= 15 is 0 Å². The summed E-state index contributed by atoms with van der Waals surface area (Å²) in [5, 5.41) is 21.5. The molecule has 0 radical (unpaired) electrons. The third kappa shape index (κ3) is 3.63. The molecule has 1 unspecified atom stereocenters. The first-order valence-electron chi connectivity index (χ1n) is 4.51. The normalized spacial score (nSPS) is 13.3. The van der Waals surface area contributed by atoms with Crippen molar-refractivity contribution in [2.75, 3.05) is 0 Å². The van der Waals surface area contributed by atoms with E-state index in [0.29, 0.717) is 5.56 Å². The number of carboxylic acid groups (broad SMARTS) is 1. The number of rotatable bonds is 3. The van der Waals surface area contributed by atoms with Crippen LogP contribution in [0, 0.1) is 0 Å². The highest BCUT2D eigenvalue weighted by molar-refractivity contribution is 9.10. The summed E-state index contributed by atoms with van der Waals surface area (Å²) < 4.78 is 0.896. The predicted octanol–water partition coefficient (Wildman–Crippen LogP) is 1.80. The molecule has 0 aliphatic heterocycles. The van der Waals surface area contributed by atoms with Gasteiger partial charge in [-0.1, -0.05) is 28.1 Å². The lowest BCUT2D eigenvalue weighted by atomic mass is 10.1. The maximum atomic E-state index is 10.3. The standard InChI is InChI=1S/C10H11BrN2O3/c1-6(14)9(12-13-10(15)16)7-2-4-8(11)5-3-7/h2-6,13-14H,1H3,(H,15,16). The molecule has 1 rings (SSSR count). The Balaban J connectivity index is 2.98. The van der Waals surface area contributed by atoms with Crippen molar-refractivity contribution in [1.29, 1.82) is 0 Å². The molecule has 0 saturated carbocycles. The van der Waals surface area contributed by atoms with E-state index in [4.69, 9.17) is 5.11 Å². The summed E-state index contributed by atoms with van der Waals surface area (Å²) in [5.74, 6) is 0. The van der Waals surface area contributed by atoms with Crippen LogP contribution in [-0.2, 0) is 0 Å². The smallest absolute Gasteiger partial charge is 0.425 e. The molecule has 86 valence electrons. The molecule has 1 amide bonds. The van der Waals surface area contributed by atoms with Gasteiger partial charge in [0.15, 0.2) is 0 Å². The first-order valence-corrected chi connectivity index (χ1v) is 5.30. The molecule has 1 atom stereocenters. The van der Waals surface area contributed by atoms with Gasteiger partial charge in [-0.2, -0.15) is 5.10 Å². The number of aliphatic hydroxyl groups excluding tert-OH is 1. The summed E-state index contributed by atoms with van der Waals surface area (Å²) in [6.45, 7) is 1.52. The lowest BCUT2D eigenvalue weighted by Crippen LogP contribution is -2.24. The lowest BCUT2D eigenvalue weighted by Gasteiger charge is -2.09. The molecule has 1 aromatic rings. The Labute approximate surface area is 101 Å². The van der Waals surface area contributed by atoms with E-state index in [1.54, 1.807) is 24.3 Å². The van der Waals surface area contributed by atoms with Gasteiger partial charge in [-0.3, -0.25) is 0 Å². The zero-order chi connectivity index (χ0) is 12.1. The number of nitrogens with one attached hydrogen (secondary N) is 1. The number of hydrogen-bond donors (Lipinski definition) is 3. The van der Waals surface area contributed by atoms with E-state index < -0.39 is 12.2 Å². The second-order valence-corrected chi connectivity index (χ2v) is 4.01. The van der Waals surface area contributed by atoms with Gasteiger partial charge in [0.1, 0.15) is 0 Å². The fraction of sp³-hybridized carbons (Fsp3) is 0.200. The number of carbonyl (C=O) groups is 1. The molecule has 6 heteroatoms. The number of benzene rings is 1. The molecule has 0 aliphatic carbocycles. The summed E-state index contributed by atoms with van der Waals surface area (Å²) in [5.41, 5.74) is 2.81. The average molecular weight is 287 g/mol. The minimum Gasteiger partial charge on any atom is -0.464 e. The van der Waals surface area contributed by atoms with E-state index in [-0.39, 0.29) is 5.71 Å². The molecule has 3 N–H and O–H groups in total. The zero-order valence-corrected chi connectivity index (χ0v) is 10.1. The van der Waals surface area contributed by atoms with Crippen LogP contribution < -0.4 is 5.43 Å². The number of aliphatic hydroxyl groups is 1. The van der Waals surface area contributed by atoms with Crippen LogP contribution in [0.15, 0.2) is 33.8 Å². The number of nitrogens with zero attached hydrogens (tertiary/aromatic N) is 1. The second kappa shape index (κ2) is 5.62. The fourth-order valence-electron chi connectivity index (χ4n) is 1.13. The molecule has 0 bridgehead atoms. The van der Waals surface area contributed by atoms with Crippen LogP contribution in [0.3, 0.4) is 0 Å². The zero-order valence-electron chi connectivity index (χ0n) is 8.51. The van der Waals surface area contributed by atoms with Gasteiger partial charge in [-0.15, -0.1) is 0 Å². The quantitative estimate of drug-likeness (QED) is 0.585. The van der Waals surface area contributed by atoms with Crippen LogP contribution in [0.5, 0.6) is 0 Å². The van der Waals surface area contributed by atoms with Crippen LogP contribution in [0.4, 0.5) is 4.79 Å². The highest BCUT2D eigenvalue weighted by Gasteiger charge is 2.10. The minimum absolute atomic E-state index is 0.273. The second-order valence-electron chi connectivity index (χ2n) is 3.10. The lowest BCUT2D eigenvalue weighted by molar-refractivity contribution is 0.194. The molecule has 0 saturated heterocycles. The van der Waals surface area contributed by atoms with Gasteiger partial charge in [-0.05, 0) is 19.1 Å². The van der Waals surface area contributed by atoms with E-state index in [1.807, 2.05) is 5.43 Å². The van der Waals surface area contributed by atoms with Gasteiger partial charge >= 0.3 is 6.09 Å². The van der Waals surface area contributed by atoms with Crippen LogP contribution in [0.2, 0.25) is 0 Å². The van der Waals surface area contributed by atoms with Gasteiger partial charge in [-0.25, -0.2) is 10.2 Å². The number of halogens is 1. The summed E-state index contributed by atoms with van der Waals surface area (Å²) in [4.78, 5) is 10.3. The van der Waals surface area contributed by atoms with Crippen molar-refractivity contribution >= 4 is 27.7 Å². The predicted molar refractivity (Wildman–Crippen MR) is 63.5 cm³/mol. The Morgan fingerprint density at radius 2 is 2.00 bits per heavy atom. The topological polar surface area (TPSA) is 81.9 Å².